The van der Waals surface area contributed by atoms with Crippen molar-refractivity contribution < 1.29 is 0 Å². The summed E-state index contributed by atoms with van der Waals surface area (Å²) in [5.41, 5.74) is 3.08. The van der Waals surface area contributed by atoms with Gasteiger partial charge in [-0.05, 0) is 50.3 Å². The maximum absolute atomic E-state index is 3.73. The third-order valence-electron chi connectivity index (χ3n) is 4.28. The van der Waals surface area contributed by atoms with Crippen molar-refractivity contribution in [3.05, 3.63) is 29.8 Å². The minimum Gasteiger partial charge on any atom is -0.368 e. The highest BCUT2D eigenvalue weighted by molar-refractivity contribution is 5.49. The molecule has 1 aromatic rings. The van der Waals surface area contributed by atoms with Gasteiger partial charge in [-0.2, -0.15) is 0 Å². The highest BCUT2D eigenvalue weighted by Crippen LogP contribution is 2.41. The second-order valence-electron chi connectivity index (χ2n) is 5.88. The SMILES string of the molecule is Cc1cccc(N2CCNC(C)(C3CC3)C2)c1. The first-order valence-electron chi connectivity index (χ1n) is 6.74. The molecule has 0 amide bonds. The molecular weight excluding hydrogens is 208 g/mol. The number of hydrogen-bond acceptors (Lipinski definition) is 2. The molecule has 2 nitrogen and oxygen atoms in total. The third-order valence-corrected chi connectivity index (χ3v) is 4.28. The van der Waals surface area contributed by atoms with Crippen LogP contribution in [0.25, 0.3) is 0 Å². The molecule has 2 aliphatic rings. The lowest BCUT2D eigenvalue weighted by Gasteiger charge is -2.43. The quantitative estimate of drug-likeness (QED) is 0.840. The molecule has 0 aromatic heterocycles. The zero-order chi connectivity index (χ0) is 11.9. The second kappa shape index (κ2) is 4.02. The van der Waals surface area contributed by atoms with Gasteiger partial charge in [-0.3, -0.25) is 0 Å². The zero-order valence-electron chi connectivity index (χ0n) is 10.9. The number of nitrogens with one attached hydrogen (secondary N) is 1. The molecule has 1 heterocycles. The normalized spacial score (nSPS) is 29.4. The molecule has 2 heteroatoms. The van der Waals surface area contributed by atoms with Crippen molar-refractivity contribution in [1.82, 2.24) is 5.32 Å². The number of hydrogen-bond donors (Lipinski definition) is 1. The van der Waals surface area contributed by atoms with Gasteiger partial charge in [0.1, 0.15) is 0 Å². The van der Waals surface area contributed by atoms with Crippen molar-refractivity contribution >= 4 is 5.69 Å². The number of nitrogens with zero attached hydrogens (tertiary/aromatic N) is 1. The van der Waals surface area contributed by atoms with E-state index in [-0.39, 0.29) is 0 Å². The van der Waals surface area contributed by atoms with Crippen LogP contribution in [0.3, 0.4) is 0 Å². The molecular formula is C15H22N2. The number of benzene rings is 1. The van der Waals surface area contributed by atoms with Gasteiger partial charge in [0.25, 0.3) is 0 Å². The summed E-state index contributed by atoms with van der Waals surface area (Å²) in [6.07, 6.45) is 2.82. The van der Waals surface area contributed by atoms with Gasteiger partial charge in [0.05, 0.1) is 0 Å². The van der Waals surface area contributed by atoms with Crippen LogP contribution in [0.5, 0.6) is 0 Å². The molecule has 0 bridgehead atoms. The third kappa shape index (κ3) is 2.19. The van der Waals surface area contributed by atoms with Crippen LogP contribution in [0.15, 0.2) is 24.3 Å². The average molecular weight is 230 g/mol. The van der Waals surface area contributed by atoms with E-state index in [1.807, 2.05) is 0 Å². The lowest BCUT2D eigenvalue weighted by Crippen LogP contribution is -2.60. The first-order valence-corrected chi connectivity index (χ1v) is 6.74. The van der Waals surface area contributed by atoms with Crippen LogP contribution in [0, 0.1) is 12.8 Å². The number of piperazine rings is 1. The van der Waals surface area contributed by atoms with E-state index in [1.165, 1.54) is 24.1 Å². The largest absolute Gasteiger partial charge is 0.368 e. The molecule has 2 fully saturated rings. The van der Waals surface area contributed by atoms with Crippen molar-refractivity contribution in [3.8, 4) is 0 Å². The Hall–Kier alpha value is -1.02. The lowest BCUT2D eigenvalue weighted by atomic mass is 9.92. The van der Waals surface area contributed by atoms with E-state index in [2.05, 4.69) is 48.3 Å². The maximum Gasteiger partial charge on any atom is 0.0369 e. The Morgan fingerprint density at radius 1 is 1.35 bits per heavy atom. The summed E-state index contributed by atoms with van der Waals surface area (Å²) < 4.78 is 0. The van der Waals surface area contributed by atoms with Gasteiger partial charge >= 0.3 is 0 Å². The minimum absolute atomic E-state index is 0.335. The van der Waals surface area contributed by atoms with E-state index in [1.54, 1.807) is 0 Å². The standard InChI is InChI=1S/C15H22N2/c1-12-4-3-5-14(10-12)17-9-8-16-15(2,11-17)13-6-7-13/h3-5,10,13,16H,6-9,11H2,1-2H3. The lowest BCUT2D eigenvalue weighted by molar-refractivity contribution is 0.285. The summed E-state index contributed by atoms with van der Waals surface area (Å²) in [7, 11) is 0. The Labute approximate surface area is 104 Å². The van der Waals surface area contributed by atoms with Crippen LogP contribution >= 0.6 is 0 Å². The molecule has 1 N–H and O–H groups in total. The Bertz CT molecular complexity index is 411. The van der Waals surface area contributed by atoms with Gasteiger partial charge in [0, 0.05) is 30.9 Å². The van der Waals surface area contributed by atoms with Crippen LogP contribution in [-0.4, -0.2) is 25.2 Å². The Morgan fingerprint density at radius 2 is 2.18 bits per heavy atom. The van der Waals surface area contributed by atoms with E-state index >= 15 is 0 Å². The minimum atomic E-state index is 0.335. The van der Waals surface area contributed by atoms with Crippen LogP contribution in [0.4, 0.5) is 5.69 Å². The van der Waals surface area contributed by atoms with E-state index in [0.717, 1.165) is 25.6 Å². The highest BCUT2D eigenvalue weighted by atomic mass is 15.2. The summed E-state index contributed by atoms with van der Waals surface area (Å²) in [5.74, 6) is 0.898. The average Bonchev–Trinajstić information content (AvgIpc) is 3.13. The Morgan fingerprint density at radius 3 is 2.88 bits per heavy atom. The summed E-state index contributed by atoms with van der Waals surface area (Å²) in [6, 6.07) is 8.89. The molecule has 1 saturated heterocycles. The van der Waals surface area contributed by atoms with Gasteiger partial charge in [0.15, 0.2) is 0 Å². The molecule has 1 aliphatic heterocycles. The maximum atomic E-state index is 3.73. The van der Waals surface area contributed by atoms with E-state index in [9.17, 15) is 0 Å². The van der Waals surface area contributed by atoms with E-state index in [4.69, 9.17) is 0 Å². The fourth-order valence-electron chi connectivity index (χ4n) is 3.05. The molecule has 0 radical (unpaired) electrons. The molecule has 0 spiro atoms. The summed E-state index contributed by atoms with van der Waals surface area (Å²) in [4.78, 5) is 2.54. The molecule has 1 unspecified atom stereocenters. The first kappa shape index (κ1) is 11.1. The molecule has 3 rings (SSSR count). The van der Waals surface area contributed by atoms with Crippen LogP contribution in [0.1, 0.15) is 25.3 Å². The Balaban J connectivity index is 1.79. The monoisotopic (exact) mass is 230 g/mol. The van der Waals surface area contributed by atoms with Crippen LogP contribution in [0.2, 0.25) is 0 Å². The molecule has 17 heavy (non-hydrogen) atoms. The van der Waals surface area contributed by atoms with E-state index in [0.29, 0.717) is 5.54 Å². The van der Waals surface area contributed by atoms with Gasteiger partial charge < -0.3 is 10.2 Å². The molecule has 92 valence electrons. The second-order valence-corrected chi connectivity index (χ2v) is 5.88. The molecule has 1 aromatic carbocycles. The number of anilines is 1. The molecule has 1 saturated carbocycles. The predicted molar refractivity (Wildman–Crippen MR) is 72.5 cm³/mol. The molecule has 1 aliphatic carbocycles. The topological polar surface area (TPSA) is 15.3 Å². The van der Waals surface area contributed by atoms with Crippen molar-refractivity contribution in [3.63, 3.8) is 0 Å². The van der Waals surface area contributed by atoms with E-state index < -0.39 is 0 Å². The van der Waals surface area contributed by atoms with Gasteiger partial charge in [-0.15, -0.1) is 0 Å². The van der Waals surface area contributed by atoms with Crippen molar-refractivity contribution in [2.45, 2.75) is 32.2 Å². The van der Waals surface area contributed by atoms with Crippen LogP contribution < -0.4 is 10.2 Å². The summed E-state index contributed by atoms with van der Waals surface area (Å²) in [6.45, 7) is 7.96. The van der Waals surface area contributed by atoms with Gasteiger partial charge in [0.2, 0.25) is 0 Å². The fraction of sp³-hybridized carbons (Fsp3) is 0.600. The summed E-state index contributed by atoms with van der Waals surface area (Å²) in [5, 5.41) is 3.73. The number of rotatable bonds is 2. The van der Waals surface area contributed by atoms with Gasteiger partial charge in [-0.25, -0.2) is 0 Å². The van der Waals surface area contributed by atoms with Crippen molar-refractivity contribution in [2.24, 2.45) is 5.92 Å². The van der Waals surface area contributed by atoms with Crippen molar-refractivity contribution in [1.29, 1.82) is 0 Å². The summed E-state index contributed by atoms with van der Waals surface area (Å²) >= 11 is 0. The highest BCUT2D eigenvalue weighted by Gasteiger charge is 2.43. The Kier molecular flexibility index (Phi) is 2.62. The predicted octanol–water partition coefficient (Wildman–Crippen LogP) is 2.57. The number of aryl methyl sites for hydroxylation is 1. The van der Waals surface area contributed by atoms with Crippen molar-refractivity contribution in [2.75, 3.05) is 24.5 Å². The van der Waals surface area contributed by atoms with Gasteiger partial charge in [-0.1, -0.05) is 12.1 Å². The smallest absolute Gasteiger partial charge is 0.0369 e. The molecule has 1 atom stereocenters. The van der Waals surface area contributed by atoms with Crippen LogP contribution in [-0.2, 0) is 0 Å². The zero-order valence-corrected chi connectivity index (χ0v) is 10.9. The first-order chi connectivity index (χ1) is 8.17. The fourth-order valence-corrected chi connectivity index (χ4v) is 3.05.